The first-order valence-electron chi connectivity index (χ1n) is 9.12. The molecular formula is C20H24F2N3O2+. The summed E-state index contributed by atoms with van der Waals surface area (Å²) in [7, 11) is 0. The van der Waals surface area contributed by atoms with Gasteiger partial charge in [0.15, 0.2) is 6.54 Å². The summed E-state index contributed by atoms with van der Waals surface area (Å²) < 4.78 is 32.3. The van der Waals surface area contributed by atoms with Crippen LogP contribution in [0.1, 0.15) is 6.92 Å². The van der Waals surface area contributed by atoms with Crippen molar-refractivity contribution in [2.45, 2.75) is 6.92 Å². The van der Waals surface area contributed by atoms with Crippen LogP contribution in [0.5, 0.6) is 5.75 Å². The van der Waals surface area contributed by atoms with Gasteiger partial charge in [-0.25, -0.2) is 8.78 Å². The van der Waals surface area contributed by atoms with Crippen LogP contribution in [0.3, 0.4) is 0 Å². The number of quaternary nitrogens is 1. The van der Waals surface area contributed by atoms with Gasteiger partial charge in [-0.1, -0.05) is 12.1 Å². The van der Waals surface area contributed by atoms with Gasteiger partial charge in [-0.2, -0.15) is 0 Å². The second-order valence-electron chi connectivity index (χ2n) is 6.49. The van der Waals surface area contributed by atoms with E-state index in [1.807, 2.05) is 31.2 Å². The summed E-state index contributed by atoms with van der Waals surface area (Å²) in [6.07, 6.45) is 0. The first kappa shape index (κ1) is 19.1. The summed E-state index contributed by atoms with van der Waals surface area (Å²) in [5, 5.41) is 2.52. The number of nitrogens with zero attached hydrogens (tertiary/aromatic N) is 1. The predicted molar refractivity (Wildman–Crippen MR) is 100 cm³/mol. The molecule has 5 nitrogen and oxygen atoms in total. The van der Waals surface area contributed by atoms with E-state index < -0.39 is 11.6 Å². The predicted octanol–water partition coefficient (Wildman–Crippen LogP) is 1.71. The molecule has 1 saturated heterocycles. The lowest BCUT2D eigenvalue weighted by molar-refractivity contribution is -0.892. The van der Waals surface area contributed by atoms with E-state index in [2.05, 4.69) is 10.2 Å². The highest BCUT2D eigenvalue weighted by molar-refractivity contribution is 5.91. The molecule has 0 spiro atoms. The van der Waals surface area contributed by atoms with Gasteiger partial charge in [0.25, 0.3) is 5.91 Å². The molecule has 3 rings (SSSR count). The zero-order valence-corrected chi connectivity index (χ0v) is 15.3. The number of para-hydroxylation sites is 2. The highest BCUT2D eigenvalue weighted by atomic mass is 19.1. The van der Waals surface area contributed by atoms with Crippen molar-refractivity contribution in [1.29, 1.82) is 0 Å². The van der Waals surface area contributed by atoms with E-state index in [4.69, 9.17) is 4.74 Å². The Morgan fingerprint density at radius 1 is 1.19 bits per heavy atom. The third kappa shape index (κ3) is 4.95. The maximum atomic E-state index is 13.6. The number of amides is 1. The van der Waals surface area contributed by atoms with Gasteiger partial charge in [0.1, 0.15) is 17.4 Å². The van der Waals surface area contributed by atoms with Crippen LogP contribution >= 0.6 is 0 Å². The van der Waals surface area contributed by atoms with Crippen LogP contribution in [0.2, 0.25) is 0 Å². The monoisotopic (exact) mass is 376 g/mol. The molecule has 0 atom stereocenters. The fraction of sp³-hybridized carbons (Fsp3) is 0.350. The average molecular weight is 376 g/mol. The molecule has 2 N–H and O–H groups in total. The van der Waals surface area contributed by atoms with Gasteiger partial charge in [0.2, 0.25) is 0 Å². The van der Waals surface area contributed by atoms with E-state index in [0.717, 1.165) is 54.6 Å². The molecule has 1 fully saturated rings. The Bertz CT molecular complexity index is 793. The fourth-order valence-corrected chi connectivity index (χ4v) is 3.25. The molecule has 0 radical (unpaired) electrons. The molecule has 27 heavy (non-hydrogen) atoms. The van der Waals surface area contributed by atoms with Crippen LogP contribution in [-0.4, -0.2) is 45.2 Å². The summed E-state index contributed by atoms with van der Waals surface area (Å²) in [6.45, 7) is 6.01. The van der Waals surface area contributed by atoms with Gasteiger partial charge in [-0.15, -0.1) is 0 Å². The van der Waals surface area contributed by atoms with Crippen molar-refractivity contribution in [2.75, 3.05) is 49.5 Å². The standard InChI is InChI=1S/C20H23F2N3O2/c1-2-27-19-6-4-3-5-18(19)25-11-9-24(10-12-25)14-20(26)23-17-8-7-15(21)13-16(17)22/h3-8,13H,2,9-12,14H2,1H3,(H,23,26)/p+1. The van der Waals surface area contributed by atoms with E-state index in [-0.39, 0.29) is 18.1 Å². The normalized spacial score (nSPS) is 14.9. The molecule has 144 valence electrons. The molecular weight excluding hydrogens is 352 g/mol. The van der Waals surface area contributed by atoms with E-state index in [9.17, 15) is 13.6 Å². The number of rotatable bonds is 6. The molecule has 0 bridgehead atoms. The van der Waals surface area contributed by atoms with Gasteiger partial charge >= 0.3 is 0 Å². The minimum atomic E-state index is -0.768. The molecule has 7 heteroatoms. The molecule has 1 heterocycles. The summed E-state index contributed by atoms with van der Waals surface area (Å²) in [5.41, 5.74) is 1.07. The summed E-state index contributed by atoms with van der Waals surface area (Å²) >= 11 is 0. The third-order valence-electron chi connectivity index (χ3n) is 4.59. The highest BCUT2D eigenvalue weighted by Gasteiger charge is 2.24. The number of hydrogen-bond donors (Lipinski definition) is 2. The number of piperazine rings is 1. The van der Waals surface area contributed by atoms with Gasteiger partial charge in [-0.05, 0) is 31.2 Å². The number of anilines is 2. The number of halogens is 2. The van der Waals surface area contributed by atoms with Crippen LogP contribution < -0.4 is 19.9 Å². The largest absolute Gasteiger partial charge is 0.492 e. The Morgan fingerprint density at radius 2 is 1.93 bits per heavy atom. The second-order valence-corrected chi connectivity index (χ2v) is 6.49. The highest BCUT2D eigenvalue weighted by Crippen LogP contribution is 2.27. The summed E-state index contributed by atoms with van der Waals surface area (Å²) in [5.74, 6) is -0.845. The molecule has 0 unspecified atom stereocenters. The van der Waals surface area contributed by atoms with E-state index in [1.165, 1.54) is 6.07 Å². The number of carbonyl (C=O) groups excluding carboxylic acids is 1. The SMILES string of the molecule is CCOc1ccccc1N1CC[NH+](CC(=O)Nc2ccc(F)cc2F)CC1. The summed E-state index contributed by atoms with van der Waals surface area (Å²) in [6, 6.07) is 11.1. The number of hydrogen-bond acceptors (Lipinski definition) is 3. The quantitative estimate of drug-likeness (QED) is 0.807. The van der Waals surface area contributed by atoms with E-state index in [0.29, 0.717) is 6.61 Å². The fourth-order valence-electron chi connectivity index (χ4n) is 3.25. The first-order valence-corrected chi connectivity index (χ1v) is 9.12. The lowest BCUT2D eigenvalue weighted by Crippen LogP contribution is -3.15. The molecule has 1 amide bonds. The van der Waals surface area contributed by atoms with Crippen LogP contribution in [0.15, 0.2) is 42.5 Å². The molecule has 1 aliphatic rings. The maximum Gasteiger partial charge on any atom is 0.279 e. The molecule has 0 aromatic heterocycles. The Kier molecular flexibility index (Phi) is 6.24. The van der Waals surface area contributed by atoms with Gasteiger partial charge in [-0.3, -0.25) is 4.79 Å². The van der Waals surface area contributed by atoms with Crippen molar-refractivity contribution in [3.05, 3.63) is 54.1 Å². The average Bonchev–Trinajstić information content (AvgIpc) is 2.65. The van der Waals surface area contributed by atoms with Crippen LogP contribution in [0.25, 0.3) is 0 Å². The first-order chi connectivity index (χ1) is 13.1. The zero-order valence-electron chi connectivity index (χ0n) is 15.3. The maximum absolute atomic E-state index is 13.6. The number of ether oxygens (including phenoxy) is 1. The van der Waals surface area contributed by atoms with Gasteiger partial charge in [0.05, 0.1) is 44.2 Å². The lowest BCUT2D eigenvalue weighted by atomic mass is 10.2. The Morgan fingerprint density at radius 3 is 2.63 bits per heavy atom. The molecule has 2 aromatic carbocycles. The van der Waals surface area contributed by atoms with Crippen LogP contribution in [0.4, 0.5) is 20.2 Å². The van der Waals surface area contributed by atoms with Crippen molar-refractivity contribution < 1.29 is 23.2 Å². The Labute approximate surface area is 157 Å². The van der Waals surface area contributed by atoms with Crippen molar-refractivity contribution >= 4 is 17.3 Å². The lowest BCUT2D eigenvalue weighted by Gasteiger charge is -2.34. The Hall–Kier alpha value is -2.67. The third-order valence-corrected chi connectivity index (χ3v) is 4.59. The molecule has 0 saturated carbocycles. The second kappa shape index (κ2) is 8.81. The number of carbonyl (C=O) groups is 1. The van der Waals surface area contributed by atoms with Gasteiger partial charge in [0, 0.05) is 6.07 Å². The number of nitrogens with one attached hydrogen (secondary N) is 2. The summed E-state index contributed by atoms with van der Waals surface area (Å²) in [4.78, 5) is 15.6. The topological polar surface area (TPSA) is 46.0 Å². The molecule has 2 aromatic rings. The van der Waals surface area contributed by atoms with Crippen molar-refractivity contribution in [3.8, 4) is 5.75 Å². The molecule has 0 aliphatic carbocycles. The van der Waals surface area contributed by atoms with E-state index in [1.54, 1.807) is 0 Å². The molecule has 1 aliphatic heterocycles. The number of benzene rings is 2. The zero-order chi connectivity index (χ0) is 19.2. The van der Waals surface area contributed by atoms with E-state index >= 15 is 0 Å². The van der Waals surface area contributed by atoms with Crippen molar-refractivity contribution in [1.82, 2.24) is 0 Å². The minimum absolute atomic E-state index is 0.00470. The van der Waals surface area contributed by atoms with Gasteiger partial charge < -0.3 is 19.9 Å². The van der Waals surface area contributed by atoms with Crippen LogP contribution in [0, 0.1) is 11.6 Å². The van der Waals surface area contributed by atoms with Crippen LogP contribution in [-0.2, 0) is 4.79 Å². The van der Waals surface area contributed by atoms with Crippen molar-refractivity contribution in [3.63, 3.8) is 0 Å². The smallest absolute Gasteiger partial charge is 0.279 e. The Balaban J connectivity index is 1.53. The minimum Gasteiger partial charge on any atom is -0.492 e. The van der Waals surface area contributed by atoms with Crippen molar-refractivity contribution in [2.24, 2.45) is 0 Å².